The van der Waals surface area contributed by atoms with Crippen molar-refractivity contribution >= 4 is 34.6 Å². The summed E-state index contributed by atoms with van der Waals surface area (Å²) in [5.41, 5.74) is 2.30. The van der Waals surface area contributed by atoms with Crippen LogP contribution in [0.4, 0.5) is 0 Å². The fourth-order valence-electron chi connectivity index (χ4n) is 2.78. The topological polar surface area (TPSA) is 54.4 Å². The van der Waals surface area contributed by atoms with Crippen molar-refractivity contribution in [2.45, 2.75) is 12.5 Å². The minimum atomic E-state index is -0.321. The van der Waals surface area contributed by atoms with E-state index in [1.54, 1.807) is 6.21 Å². The van der Waals surface area contributed by atoms with Gasteiger partial charge in [0.2, 0.25) is 0 Å². The van der Waals surface area contributed by atoms with E-state index in [0.717, 1.165) is 16.5 Å². The SMILES string of the molecule is O=C1N=CC(Cc2cccc(Cl)c2)Oc2c1[nH]c1ccccc21. The first-order chi connectivity index (χ1) is 11.2. The van der Waals surface area contributed by atoms with Gasteiger partial charge >= 0.3 is 0 Å². The molecule has 0 saturated heterocycles. The summed E-state index contributed by atoms with van der Waals surface area (Å²) in [7, 11) is 0. The second kappa shape index (κ2) is 5.56. The Bertz CT molecular complexity index is 930. The number of H-pyrrole nitrogens is 1. The number of ether oxygens (including phenoxy) is 1. The van der Waals surface area contributed by atoms with Gasteiger partial charge in [0.25, 0.3) is 5.91 Å². The van der Waals surface area contributed by atoms with Crippen molar-refractivity contribution in [2.24, 2.45) is 4.99 Å². The smallest absolute Gasteiger partial charge is 0.297 e. The molecule has 0 fully saturated rings. The van der Waals surface area contributed by atoms with E-state index in [0.29, 0.717) is 22.9 Å². The number of para-hydroxylation sites is 1. The number of hydrogen-bond donors (Lipinski definition) is 1. The standard InChI is InChI=1S/C18H13ClN2O2/c19-12-5-3-4-11(8-12)9-13-10-20-18(22)16-17(23-13)14-6-1-2-7-15(14)21-16/h1-8,10,13,21H,9H2. The first-order valence-electron chi connectivity index (χ1n) is 7.31. The molecule has 3 aromatic rings. The molecule has 4 nitrogen and oxygen atoms in total. The molecule has 0 radical (unpaired) electrons. The largest absolute Gasteiger partial charge is 0.481 e. The Morgan fingerprint density at radius 3 is 2.91 bits per heavy atom. The number of aliphatic imine (C=N–C) groups is 1. The maximum absolute atomic E-state index is 12.2. The molecule has 4 rings (SSSR count). The van der Waals surface area contributed by atoms with Crippen molar-refractivity contribution in [3.8, 4) is 5.75 Å². The van der Waals surface area contributed by atoms with Crippen LogP contribution in [0.2, 0.25) is 5.02 Å². The molecule has 1 aromatic heterocycles. The van der Waals surface area contributed by atoms with Gasteiger partial charge in [0.15, 0.2) is 11.4 Å². The van der Waals surface area contributed by atoms with Gasteiger partial charge in [-0.05, 0) is 29.8 Å². The number of aromatic nitrogens is 1. The monoisotopic (exact) mass is 324 g/mol. The van der Waals surface area contributed by atoms with Gasteiger partial charge in [0.1, 0.15) is 6.10 Å². The zero-order valence-electron chi connectivity index (χ0n) is 12.1. The predicted molar refractivity (Wildman–Crippen MR) is 90.7 cm³/mol. The Morgan fingerprint density at radius 1 is 1.17 bits per heavy atom. The van der Waals surface area contributed by atoms with Crippen LogP contribution >= 0.6 is 11.6 Å². The number of nitrogens with zero attached hydrogens (tertiary/aromatic N) is 1. The first kappa shape index (κ1) is 14.0. The summed E-state index contributed by atoms with van der Waals surface area (Å²) in [5.74, 6) is 0.250. The molecule has 1 N–H and O–H groups in total. The van der Waals surface area contributed by atoms with Crippen molar-refractivity contribution in [1.82, 2.24) is 4.98 Å². The predicted octanol–water partition coefficient (Wildman–Crippen LogP) is 4.04. The summed E-state index contributed by atoms with van der Waals surface area (Å²) < 4.78 is 6.08. The zero-order chi connectivity index (χ0) is 15.8. The van der Waals surface area contributed by atoms with Gasteiger partial charge < -0.3 is 9.72 Å². The Morgan fingerprint density at radius 2 is 2.04 bits per heavy atom. The Kier molecular flexibility index (Phi) is 3.39. The summed E-state index contributed by atoms with van der Waals surface area (Å²) in [6, 6.07) is 15.3. The Balaban J connectivity index is 1.72. The fourth-order valence-corrected chi connectivity index (χ4v) is 2.99. The molecule has 1 aliphatic rings. The lowest BCUT2D eigenvalue weighted by Crippen LogP contribution is -2.20. The van der Waals surface area contributed by atoms with Crippen molar-refractivity contribution < 1.29 is 9.53 Å². The summed E-state index contributed by atoms with van der Waals surface area (Å²) in [6.45, 7) is 0. The number of carbonyl (C=O) groups is 1. The van der Waals surface area contributed by atoms with E-state index >= 15 is 0 Å². The number of benzene rings is 2. The number of amides is 1. The molecule has 0 aliphatic carbocycles. The van der Waals surface area contributed by atoms with E-state index in [1.165, 1.54) is 0 Å². The number of aromatic amines is 1. The van der Waals surface area contributed by atoms with Gasteiger partial charge in [-0.25, -0.2) is 4.99 Å². The molecule has 2 heterocycles. The number of carbonyl (C=O) groups excluding carboxylic acids is 1. The van der Waals surface area contributed by atoms with E-state index in [1.807, 2.05) is 48.5 Å². The molecule has 0 bridgehead atoms. The zero-order valence-corrected chi connectivity index (χ0v) is 12.9. The van der Waals surface area contributed by atoms with E-state index in [9.17, 15) is 4.79 Å². The Hall–Kier alpha value is -2.59. The van der Waals surface area contributed by atoms with Crippen molar-refractivity contribution in [2.75, 3.05) is 0 Å². The van der Waals surface area contributed by atoms with Crippen LogP contribution in [0.1, 0.15) is 16.1 Å². The summed E-state index contributed by atoms with van der Waals surface area (Å²) in [4.78, 5) is 19.3. The van der Waals surface area contributed by atoms with Gasteiger partial charge in [-0.1, -0.05) is 35.9 Å². The highest BCUT2D eigenvalue weighted by molar-refractivity contribution is 6.30. The molecule has 5 heteroatoms. The van der Waals surface area contributed by atoms with Gasteiger partial charge in [-0.15, -0.1) is 0 Å². The molecular formula is C18H13ClN2O2. The van der Waals surface area contributed by atoms with Crippen LogP contribution in [0.25, 0.3) is 10.9 Å². The van der Waals surface area contributed by atoms with E-state index in [-0.39, 0.29) is 12.0 Å². The third-order valence-electron chi connectivity index (χ3n) is 3.83. The third kappa shape index (κ3) is 2.62. The lowest BCUT2D eigenvalue weighted by Gasteiger charge is -2.14. The molecule has 1 atom stereocenters. The molecule has 0 saturated carbocycles. The highest BCUT2D eigenvalue weighted by atomic mass is 35.5. The summed E-state index contributed by atoms with van der Waals surface area (Å²) in [6.07, 6.45) is 1.83. The average Bonchev–Trinajstić information content (AvgIpc) is 2.84. The summed E-state index contributed by atoms with van der Waals surface area (Å²) in [5, 5.41) is 1.56. The molecule has 2 aromatic carbocycles. The van der Waals surface area contributed by atoms with Crippen LogP contribution < -0.4 is 4.74 Å². The second-order valence-corrected chi connectivity index (χ2v) is 5.88. The van der Waals surface area contributed by atoms with Gasteiger partial charge in [0, 0.05) is 28.6 Å². The summed E-state index contributed by atoms with van der Waals surface area (Å²) >= 11 is 6.03. The van der Waals surface area contributed by atoms with E-state index in [4.69, 9.17) is 16.3 Å². The van der Waals surface area contributed by atoms with Crippen LogP contribution in [0.3, 0.4) is 0 Å². The first-order valence-corrected chi connectivity index (χ1v) is 7.69. The number of rotatable bonds is 2. The fraction of sp³-hybridized carbons (Fsp3) is 0.111. The number of hydrogen-bond acceptors (Lipinski definition) is 2. The lowest BCUT2D eigenvalue weighted by atomic mass is 10.1. The number of nitrogens with one attached hydrogen (secondary N) is 1. The Labute approximate surface area is 137 Å². The molecule has 23 heavy (non-hydrogen) atoms. The highest BCUT2D eigenvalue weighted by Crippen LogP contribution is 2.32. The second-order valence-electron chi connectivity index (χ2n) is 5.45. The molecule has 0 spiro atoms. The number of halogens is 1. The minimum absolute atomic E-state index is 0.315. The quantitative estimate of drug-likeness (QED) is 0.773. The maximum Gasteiger partial charge on any atom is 0.297 e. The normalized spacial score (nSPS) is 16.9. The van der Waals surface area contributed by atoms with Crippen LogP contribution in [0, 0.1) is 0 Å². The van der Waals surface area contributed by atoms with E-state index in [2.05, 4.69) is 9.98 Å². The molecule has 1 unspecified atom stereocenters. The van der Waals surface area contributed by atoms with Gasteiger partial charge in [-0.3, -0.25) is 4.79 Å². The third-order valence-corrected chi connectivity index (χ3v) is 4.06. The van der Waals surface area contributed by atoms with Gasteiger partial charge in [0.05, 0.1) is 0 Å². The highest BCUT2D eigenvalue weighted by Gasteiger charge is 2.24. The van der Waals surface area contributed by atoms with Crippen LogP contribution in [0.5, 0.6) is 5.75 Å². The minimum Gasteiger partial charge on any atom is -0.481 e. The van der Waals surface area contributed by atoms with Crippen LogP contribution in [-0.4, -0.2) is 23.2 Å². The van der Waals surface area contributed by atoms with Crippen molar-refractivity contribution in [3.63, 3.8) is 0 Å². The van der Waals surface area contributed by atoms with Crippen LogP contribution in [0.15, 0.2) is 53.5 Å². The average molecular weight is 325 g/mol. The van der Waals surface area contributed by atoms with Crippen molar-refractivity contribution in [1.29, 1.82) is 0 Å². The number of fused-ring (bicyclic) bond motifs is 3. The van der Waals surface area contributed by atoms with E-state index < -0.39 is 0 Å². The molecule has 114 valence electrons. The molecular weight excluding hydrogens is 312 g/mol. The molecule has 1 amide bonds. The van der Waals surface area contributed by atoms with Gasteiger partial charge in [-0.2, -0.15) is 0 Å². The van der Waals surface area contributed by atoms with Crippen LogP contribution in [-0.2, 0) is 6.42 Å². The maximum atomic E-state index is 12.2. The van der Waals surface area contributed by atoms with Crippen molar-refractivity contribution in [3.05, 3.63) is 64.8 Å². The molecule has 1 aliphatic heterocycles. The lowest BCUT2D eigenvalue weighted by molar-refractivity contribution is 0.0998.